The number of carbonyl (C=O) groups is 1. The van der Waals surface area contributed by atoms with E-state index in [0.29, 0.717) is 30.7 Å². The van der Waals surface area contributed by atoms with E-state index in [9.17, 15) is 9.90 Å². The first kappa shape index (κ1) is 18.5. The van der Waals surface area contributed by atoms with Crippen LogP contribution in [0.25, 0.3) is 0 Å². The van der Waals surface area contributed by atoms with E-state index in [0.717, 1.165) is 18.7 Å². The van der Waals surface area contributed by atoms with Crippen LogP contribution in [0.4, 0.5) is 10.5 Å². The third-order valence-corrected chi connectivity index (χ3v) is 4.00. The molecule has 3 N–H and O–H groups in total. The van der Waals surface area contributed by atoms with Crippen molar-refractivity contribution in [3.63, 3.8) is 0 Å². The summed E-state index contributed by atoms with van der Waals surface area (Å²) >= 11 is 0. The van der Waals surface area contributed by atoms with Crippen molar-refractivity contribution in [3.8, 4) is 5.75 Å². The van der Waals surface area contributed by atoms with Crippen LogP contribution >= 0.6 is 0 Å². The van der Waals surface area contributed by atoms with Gasteiger partial charge in [-0.25, -0.2) is 4.79 Å². The molecule has 134 valence electrons. The maximum absolute atomic E-state index is 12.1. The Morgan fingerprint density at radius 1 is 1.33 bits per heavy atom. The summed E-state index contributed by atoms with van der Waals surface area (Å²) in [7, 11) is 1.60. The number of hydrogen-bond acceptors (Lipinski definition) is 5. The van der Waals surface area contributed by atoms with E-state index >= 15 is 0 Å². The quantitative estimate of drug-likeness (QED) is 0.788. The highest BCUT2D eigenvalue weighted by molar-refractivity contribution is 5.86. The molecular weight excluding hydrogens is 308 g/mol. The first-order valence-corrected chi connectivity index (χ1v) is 8.31. The molecule has 1 heterocycles. The Hall–Kier alpha value is -1.79. The van der Waals surface area contributed by atoms with Crippen LogP contribution in [0.3, 0.4) is 0 Å². The molecule has 0 bridgehead atoms. The van der Waals surface area contributed by atoms with Crippen molar-refractivity contribution >= 4 is 11.8 Å². The number of anilines is 1. The third kappa shape index (κ3) is 5.39. The van der Waals surface area contributed by atoms with Crippen molar-refractivity contribution in [2.24, 2.45) is 0 Å². The molecule has 0 aliphatic carbocycles. The van der Waals surface area contributed by atoms with Crippen molar-refractivity contribution in [2.75, 3.05) is 25.5 Å². The highest BCUT2D eigenvalue weighted by Gasteiger charge is 2.30. The summed E-state index contributed by atoms with van der Waals surface area (Å²) in [6.07, 6.45) is 1.30. The highest BCUT2D eigenvalue weighted by Crippen LogP contribution is 2.30. The molecule has 6 nitrogen and oxygen atoms in total. The SMILES string of the molecule is COc1ccc(NC(=O)OC(C)(C)C)c(CC2(O)CCNCC2)c1. The number of carbonyl (C=O) groups excluding carboxylic acids is 1. The van der Waals surface area contributed by atoms with Gasteiger partial charge in [-0.05, 0) is 70.5 Å². The minimum Gasteiger partial charge on any atom is -0.497 e. The molecule has 0 aromatic heterocycles. The number of methoxy groups -OCH3 is 1. The predicted molar refractivity (Wildman–Crippen MR) is 93.6 cm³/mol. The summed E-state index contributed by atoms with van der Waals surface area (Å²) in [4.78, 5) is 12.1. The van der Waals surface area contributed by atoms with E-state index in [1.165, 1.54) is 0 Å². The van der Waals surface area contributed by atoms with Gasteiger partial charge in [0, 0.05) is 12.1 Å². The Morgan fingerprint density at radius 3 is 2.58 bits per heavy atom. The molecule has 24 heavy (non-hydrogen) atoms. The van der Waals surface area contributed by atoms with Crippen LogP contribution in [0.15, 0.2) is 18.2 Å². The first-order valence-electron chi connectivity index (χ1n) is 8.31. The third-order valence-electron chi connectivity index (χ3n) is 4.00. The Morgan fingerprint density at radius 2 is 2.00 bits per heavy atom. The average Bonchev–Trinajstić information content (AvgIpc) is 2.47. The van der Waals surface area contributed by atoms with Crippen LogP contribution in [0, 0.1) is 0 Å². The Kier molecular flexibility index (Phi) is 5.72. The number of nitrogens with one attached hydrogen (secondary N) is 2. The average molecular weight is 336 g/mol. The fourth-order valence-corrected chi connectivity index (χ4v) is 2.80. The van der Waals surface area contributed by atoms with Crippen LogP contribution in [-0.4, -0.2) is 42.6 Å². The zero-order chi connectivity index (χ0) is 17.8. The monoisotopic (exact) mass is 336 g/mol. The minimum absolute atomic E-state index is 0.455. The number of ether oxygens (including phenoxy) is 2. The lowest BCUT2D eigenvalue weighted by atomic mass is 9.85. The molecule has 0 atom stereocenters. The summed E-state index contributed by atoms with van der Waals surface area (Å²) in [6, 6.07) is 5.41. The number of piperidine rings is 1. The summed E-state index contributed by atoms with van der Waals surface area (Å²) in [5.74, 6) is 0.692. The molecule has 1 aromatic carbocycles. The highest BCUT2D eigenvalue weighted by atomic mass is 16.6. The summed E-state index contributed by atoms with van der Waals surface area (Å²) in [6.45, 7) is 7.03. The van der Waals surface area contributed by atoms with Gasteiger partial charge in [0.1, 0.15) is 11.4 Å². The molecule has 0 spiro atoms. The zero-order valence-electron chi connectivity index (χ0n) is 14.9. The van der Waals surface area contributed by atoms with Gasteiger partial charge in [0.25, 0.3) is 0 Å². The molecule has 2 rings (SSSR count). The molecule has 1 saturated heterocycles. The van der Waals surface area contributed by atoms with Crippen molar-refractivity contribution < 1.29 is 19.4 Å². The number of rotatable bonds is 4. The van der Waals surface area contributed by atoms with Gasteiger partial charge in [-0.15, -0.1) is 0 Å². The van der Waals surface area contributed by atoms with E-state index in [-0.39, 0.29) is 0 Å². The fourth-order valence-electron chi connectivity index (χ4n) is 2.80. The molecule has 0 unspecified atom stereocenters. The number of amides is 1. The van der Waals surface area contributed by atoms with Crippen molar-refractivity contribution in [1.29, 1.82) is 0 Å². The van der Waals surface area contributed by atoms with Crippen LogP contribution in [-0.2, 0) is 11.2 Å². The van der Waals surface area contributed by atoms with Gasteiger partial charge >= 0.3 is 6.09 Å². The summed E-state index contributed by atoms with van der Waals surface area (Å²) in [5.41, 5.74) is 0.132. The molecule has 0 radical (unpaired) electrons. The molecule has 1 aliphatic heterocycles. The molecule has 1 fully saturated rings. The van der Waals surface area contributed by atoms with Gasteiger partial charge in [-0.3, -0.25) is 5.32 Å². The fraction of sp³-hybridized carbons (Fsp3) is 0.611. The zero-order valence-corrected chi connectivity index (χ0v) is 14.9. The molecular formula is C18H28N2O4. The van der Waals surface area contributed by atoms with Gasteiger partial charge in [0.15, 0.2) is 0 Å². The Balaban J connectivity index is 2.19. The Labute approximate surface area is 143 Å². The molecule has 1 amide bonds. The van der Waals surface area contributed by atoms with Crippen molar-refractivity contribution in [3.05, 3.63) is 23.8 Å². The molecule has 6 heteroatoms. The lowest BCUT2D eigenvalue weighted by Gasteiger charge is -2.33. The second kappa shape index (κ2) is 7.40. The van der Waals surface area contributed by atoms with Gasteiger partial charge in [0.05, 0.1) is 12.7 Å². The number of benzene rings is 1. The minimum atomic E-state index is -0.776. The van der Waals surface area contributed by atoms with E-state index in [1.807, 2.05) is 26.8 Å². The molecule has 0 saturated carbocycles. The van der Waals surface area contributed by atoms with Gasteiger partial charge in [-0.1, -0.05) is 0 Å². The number of hydrogen-bond donors (Lipinski definition) is 3. The van der Waals surface area contributed by atoms with Gasteiger partial charge in [-0.2, -0.15) is 0 Å². The Bertz CT molecular complexity index is 575. The standard InChI is InChI=1S/C18H28N2O4/c1-17(2,3)24-16(21)20-15-6-5-14(23-4)11-13(15)12-18(22)7-9-19-10-8-18/h5-6,11,19,22H,7-10,12H2,1-4H3,(H,20,21). The number of aliphatic hydroxyl groups is 1. The second-order valence-electron chi connectivity index (χ2n) is 7.30. The lowest BCUT2D eigenvalue weighted by Crippen LogP contribution is -2.43. The molecule has 1 aliphatic rings. The summed E-state index contributed by atoms with van der Waals surface area (Å²) in [5, 5.41) is 16.8. The van der Waals surface area contributed by atoms with Crippen LogP contribution in [0.5, 0.6) is 5.75 Å². The van der Waals surface area contributed by atoms with Crippen LogP contribution < -0.4 is 15.4 Å². The van der Waals surface area contributed by atoms with Crippen molar-refractivity contribution in [1.82, 2.24) is 5.32 Å². The largest absolute Gasteiger partial charge is 0.497 e. The van der Waals surface area contributed by atoms with Crippen molar-refractivity contribution in [2.45, 2.75) is 51.2 Å². The smallest absolute Gasteiger partial charge is 0.412 e. The van der Waals surface area contributed by atoms with E-state index in [2.05, 4.69) is 10.6 Å². The predicted octanol–water partition coefficient (Wildman–Crippen LogP) is 2.70. The topological polar surface area (TPSA) is 79.8 Å². The molecule has 1 aromatic rings. The van der Waals surface area contributed by atoms with Crippen LogP contribution in [0.1, 0.15) is 39.2 Å². The van der Waals surface area contributed by atoms with Gasteiger partial charge < -0.3 is 19.9 Å². The van der Waals surface area contributed by atoms with E-state index < -0.39 is 17.3 Å². The lowest BCUT2D eigenvalue weighted by molar-refractivity contribution is 0.0109. The maximum Gasteiger partial charge on any atom is 0.412 e. The normalized spacial score (nSPS) is 17.2. The first-order chi connectivity index (χ1) is 11.2. The van der Waals surface area contributed by atoms with Gasteiger partial charge in [0.2, 0.25) is 0 Å². The second-order valence-corrected chi connectivity index (χ2v) is 7.30. The van der Waals surface area contributed by atoms with E-state index in [1.54, 1.807) is 19.2 Å². The van der Waals surface area contributed by atoms with Crippen LogP contribution in [0.2, 0.25) is 0 Å². The summed E-state index contributed by atoms with van der Waals surface area (Å²) < 4.78 is 10.6. The maximum atomic E-state index is 12.1. The van der Waals surface area contributed by atoms with E-state index in [4.69, 9.17) is 9.47 Å².